The fourth-order valence-electron chi connectivity index (χ4n) is 3.43. The van der Waals surface area contributed by atoms with E-state index in [-0.39, 0.29) is 5.91 Å². The molecule has 1 aliphatic heterocycles. The third-order valence-electron chi connectivity index (χ3n) is 4.94. The monoisotopic (exact) mass is 476 g/mol. The summed E-state index contributed by atoms with van der Waals surface area (Å²) in [6.07, 6.45) is 1.74. The van der Waals surface area contributed by atoms with Crippen molar-refractivity contribution >= 4 is 39.4 Å². The second-order valence-corrected chi connectivity index (χ2v) is 7.98. The van der Waals surface area contributed by atoms with Crippen molar-refractivity contribution in [1.82, 2.24) is 0 Å². The summed E-state index contributed by atoms with van der Waals surface area (Å²) in [4.78, 5) is 19.8. The summed E-state index contributed by atoms with van der Waals surface area (Å²) in [6, 6.07) is 21.0. The predicted octanol–water partition coefficient (Wildman–Crippen LogP) is 5.61. The van der Waals surface area contributed by atoms with E-state index in [2.05, 4.69) is 15.9 Å². The molecule has 1 amide bonds. The van der Waals surface area contributed by atoms with Gasteiger partial charge in [-0.3, -0.25) is 9.69 Å². The molecule has 4 rings (SSSR count). The molecule has 156 valence electrons. The van der Waals surface area contributed by atoms with E-state index in [1.165, 1.54) is 0 Å². The van der Waals surface area contributed by atoms with Crippen LogP contribution in [0.15, 0.2) is 81.9 Å². The van der Waals surface area contributed by atoms with Gasteiger partial charge in [-0.1, -0.05) is 45.8 Å². The van der Waals surface area contributed by atoms with Crippen LogP contribution in [0.4, 0.5) is 5.69 Å². The maximum absolute atomic E-state index is 13.5. The van der Waals surface area contributed by atoms with Crippen molar-refractivity contribution < 1.29 is 14.3 Å². The van der Waals surface area contributed by atoms with Gasteiger partial charge in [0, 0.05) is 21.7 Å². The molecule has 5 nitrogen and oxygen atoms in total. The smallest absolute Gasteiger partial charge is 0.282 e. The minimum atomic E-state index is -0.201. The van der Waals surface area contributed by atoms with Crippen LogP contribution in [-0.4, -0.2) is 26.0 Å². The van der Waals surface area contributed by atoms with Gasteiger partial charge in [-0.2, -0.15) is 0 Å². The van der Waals surface area contributed by atoms with Crippen molar-refractivity contribution in [2.75, 3.05) is 19.1 Å². The first-order valence-electron chi connectivity index (χ1n) is 9.69. The number of hydrogen-bond acceptors (Lipinski definition) is 4. The molecule has 0 saturated heterocycles. The van der Waals surface area contributed by atoms with Crippen molar-refractivity contribution in [2.45, 2.75) is 6.92 Å². The highest BCUT2D eigenvalue weighted by atomic mass is 79.9. The van der Waals surface area contributed by atoms with E-state index in [9.17, 15) is 4.79 Å². The second-order valence-electron chi connectivity index (χ2n) is 7.06. The van der Waals surface area contributed by atoms with Gasteiger partial charge in [-0.25, -0.2) is 4.99 Å². The molecule has 0 radical (unpaired) electrons. The predicted molar refractivity (Wildman–Crippen MR) is 127 cm³/mol. The molecule has 0 unspecified atom stereocenters. The number of anilines is 1. The van der Waals surface area contributed by atoms with E-state index in [0.29, 0.717) is 23.0 Å². The Labute approximate surface area is 189 Å². The zero-order valence-electron chi connectivity index (χ0n) is 17.4. The fraction of sp³-hybridized carbons (Fsp3) is 0.120. The van der Waals surface area contributed by atoms with E-state index < -0.39 is 0 Å². The van der Waals surface area contributed by atoms with Gasteiger partial charge in [0.2, 0.25) is 0 Å². The lowest BCUT2D eigenvalue weighted by Gasteiger charge is -2.19. The molecule has 1 heterocycles. The van der Waals surface area contributed by atoms with Crippen LogP contribution in [0.2, 0.25) is 0 Å². The van der Waals surface area contributed by atoms with Crippen molar-refractivity contribution in [2.24, 2.45) is 4.99 Å². The number of methoxy groups -OCH3 is 2. The van der Waals surface area contributed by atoms with Gasteiger partial charge in [0.05, 0.1) is 19.9 Å². The fourth-order valence-corrected chi connectivity index (χ4v) is 3.82. The van der Waals surface area contributed by atoms with Crippen LogP contribution in [0, 0.1) is 6.92 Å². The Morgan fingerprint density at radius 2 is 1.77 bits per heavy atom. The van der Waals surface area contributed by atoms with Gasteiger partial charge < -0.3 is 9.47 Å². The second kappa shape index (κ2) is 8.78. The maximum Gasteiger partial charge on any atom is 0.282 e. The minimum Gasteiger partial charge on any atom is -0.497 e. The molecular formula is C25H21BrN2O3. The van der Waals surface area contributed by atoms with Crippen LogP contribution >= 0.6 is 15.9 Å². The highest BCUT2D eigenvalue weighted by Crippen LogP contribution is 2.32. The topological polar surface area (TPSA) is 51.1 Å². The minimum absolute atomic E-state index is 0.201. The first-order valence-corrected chi connectivity index (χ1v) is 10.5. The van der Waals surface area contributed by atoms with Crippen molar-refractivity contribution in [1.29, 1.82) is 0 Å². The molecular weight excluding hydrogens is 456 g/mol. The third kappa shape index (κ3) is 4.25. The van der Waals surface area contributed by atoms with Gasteiger partial charge in [0.25, 0.3) is 5.91 Å². The zero-order valence-corrected chi connectivity index (χ0v) is 19.0. The molecule has 0 aliphatic carbocycles. The number of halogens is 1. The molecule has 0 N–H and O–H groups in total. The van der Waals surface area contributed by atoms with Gasteiger partial charge in [0.1, 0.15) is 23.0 Å². The van der Waals surface area contributed by atoms with E-state index >= 15 is 0 Å². The van der Waals surface area contributed by atoms with Crippen molar-refractivity contribution in [3.8, 4) is 11.5 Å². The summed E-state index contributed by atoms with van der Waals surface area (Å²) in [5.41, 5.74) is 3.79. The summed E-state index contributed by atoms with van der Waals surface area (Å²) >= 11 is 3.50. The van der Waals surface area contributed by atoms with Crippen LogP contribution < -0.4 is 14.4 Å². The van der Waals surface area contributed by atoms with E-state index in [4.69, 9.17) is 14.5 Å². The van der Waals surface area contributed by atoms with Crippen LogP contribution in [0.1, 0.15) is 16.7 Å². The van der Waals surface area contributed by atoms with E-state index in [1.807, 2.05) is 67.6 Å². The quantitative estimate of drug-likeness (QED) is 0.449. The summed E-state index contributed by atoms with van der Waals surface area (Å²) in [5, 5.41) is 0. The lowest BCUT2D eigenvalue weighted by atomic mass is 10.1. The normalized spacial score (nSPS) is 14.7. The molecule has 0 bridgehead atoms. The number of amides is 1. The van der Waals surface area contributed by atoms with Crippen LogP contribution in [0.3, 0.4) is 0 Å². The molecule has 0 aromatic heterocycles. The number of nitrogens with zero attached hydrogens (tertiary/aromatic N) is 2. The Kier molecular flexibility index (Phi) is 5.91. The van der Waals surface area contributed by atoms with Crippen LogP contribution in [0.5, 0.6) is 11.5 Å². The number of benzene rings is 3. The summed E-state index contributed by atoms with van der Waals surface area (Å²) in [6.45, 7) is 2.02. The molecule has 1 aliphatic rings. The van der Waals surface area contributed by atoms with Gasteiger partial charge in [-0.15, -0.1) is 0 Å². The molecule has 3 aromatic carbocycles. The average molecular weight is 477 g/mol. The number of ether oxygens (including phenoxy) is 2. The molecule has 3 aromatic rings. The first-order chi connectivity index (χ1) is 15.0. The Hall–Kier alpha value is -3.38. The molecule has 0 saturated carbocycles. The maximum atomic E-state index is 13.5. The first kappa shape index (κ1) is 20.9. The molecule has 0 atom stereocenters. The number of rotatable bonds is 5. The van der Waals surface area contributed by atoms with E-state index in [0.717, 1.165) is 26.9 Å². The highest BCUT2D eigenvalue weighted by Gasteiger charge is 2.32. The van der Waals surface area contributed by atoms with Gasteiger partial charge >= 0.3 is 0 Å². The summed E-state index contributed by atoms with van der Waals surface area (Å²) in [7, 11) is 3.18. The number of hydrogen-bond donors (Lipinski definition) is 0. The number of carbonyl (C=O) groups excluding carboxylic acids is 1. The SMILES string of the molecule is COc1ccc(/C=C2/N=C(c3cccc(C)c3)N(c3cccc(Br)c3)C2=O)c(OC)c1. The number of aryl methyl sites for hydroxylation is 1. The molecule has 0 fully saturated rings. The standard InChI is InChI=1S/C25H21BrN2O3/c1-16-6-4-7-18(12-16)24-27-22(13-17-10-11-21(30-2)15-23(17)31-3)25(29)28(24)20-9-5-8-19(26)14-20/h4-15H,1-3H3/b22-13+. The van der Waals surface area contributed by atoms with E-state index in [1.54, 1.807) is 31.3 Å². The van der Waals surface area contributed by atoms with Gasteiger partial charge in [-0.05, 0) is 49.4 Å². The molecule has 0 spiro atoms. The zero-order chi connectivity index (χ0) is 22.0. The Bertz CT molecular complexity index is 1220. The van der Waals surface area contributed by atoms with Crippen LogP contribution in [-0.2, 0) is 4.79 Å². The lowest BCUT2D eigenvalue weighted by molar-refractivity contribution is -0.113. The Morgan fingerprint density at radius 3 is 2.48 bits per heavy atom. The average Bonchev–Trinajstić information content (AvgIpc) is 3.10. The van der Waals surface area contributed by atoms with Crippen molar-refractivity contribution in [3.05, 3.63) is 93.6 Å². The summed E-state index contributed by atoms with van der Waals surface area (Å²) in [5.74, 6) is 1.67. The van der Waals surface area contributed by atoms with Crippen molar-refractivity contribution in [3.63, 3.8) is 0 Å². The lowest BCUT2D eigenvalue weighted by Crippen LogP contribution is -2.32. The largest absolute Gasteiger partial charge is 0.497 e. The highest BCUT2D eigenvalue weighted by molar-refractivity contribution is 9.10. The third-order valence-corrected chi connectivity index (χ3v) is 5.43. The number of amidine groups is 1. The Morgan fingerprint density at radius 1 is 0.968 bits per heavy atom. The Balaban J connectivity index is 1.85. The molecule has 6 heteroatoms. The molecule has 31 heavy (non-hydrogen) atoms. The summed E-state index contributed by atoms with van der Waals surface area (Å²) < 4.78 is 11.6. The van der Waals surface area contributed by atoms with Gasteiger partial charge in [0.15, 0.2) is 0 Å². The number of carbonyl (C=O) groups is 1. The van der Waals surface area contributed by atoms with Crippen LogP contribution in [0.25, 0.3) is 6.08 Å². The number of aliphatic imine (C=N–C) groups is 1.